The van der Waals surface area contributed by atoms with Gasteiger partial charge in [-0.05, 0) is 50.2 Å². The Morgan fingerprint density at radius 1 is 0.933 bits per heavy atom. The fourth-order valence-corrected chi connectivity index (χ4v) is 3.72. The Labute approximate surface area is 172 Å². The zero-order chi connectivity index (χ0) is 20.7. The van der Waals surface area contributed by atoms with Crippen molar-refractivity contribution in [2.45, 2.75) is 20.4 Å². The minimum atomic E-state index is -0.101. The highest BCUT2D eigenvalue weighted by atomic mass is 16.1. The Balaban J connectivity index is 1.75. The number of rotatable bonds is 4. The van der Waals surface area contributed by atoms with Crippen LogP contribution in [0.3, 0.4) is 0 Å². The van der Waals surface area contributed by atoms with Crippen LogP contribution in [0.25, 0.3) is 22.6 Å². The molecule has 0 unspecified atom stereocenters. The summed E-state index contributed by atoms with van der Waals surface area (Å²) in [5.74, 6) is 0. The third kappa shape index (κ3) is 3.00. The molecule has 0 radical (unpaired) electrons. The highest BCUT2D eigenvalue weighted by Gasteiger charge is 2.20. The van der Waals surface area contributed by atoms with Gasteiger partial charge in [-0.25, -0.2) is 14.3 Å². The summed E-state index contributed by atoms with van der Waals surface area (Å²) in [6, 6.07) is 17.6. The van der Waals surface area contributed by atoms with Crippen LogP contribution in [0.1, 0.15) is 17.0 Å². The summed E-state index contributed by atoms with van der Waals surface area (Å²) >= 11 is 0. The summed E-state index contributed by atoms with van der Waals surface area (Å²) in [6.45, 7) is 4.41. The van der Waals surface area contributed by atoms with Crippen LogP contribution < -0.4 is 5.69 Å². The highest BCUT2D eigenvalue weighted by Crippen LogP contribution is 2.26. The van der Waals surface area contributed by atoms with Gasteiger partial charge in [0.25, 0.3) is 0 Å². The lowest BCUT2D eigenvalue weighted by atomic mass is 10.1. The van der Waals surface area contributed by atoms with Gasteiger partial charge < -0.3 is 0 Å². The van der Waals surface area contributed by atoms with Crippen molar-refractivity contribution in [3.8, 4) is 16.9 Å². The fraction of sp³-hybridized carbons (Fsp3) is 0.130. The first-order valence-electron chi connectivity index (χ1n) is 9.70. The molecule has 5 rings (SSSR count). The van der Waals surface area contributed by atoms with Crippen molar-refractivity contribution >= 4 is 5.65 Å². The summed E-state index contributed by atoms with van der Waals surface area (Å²) in [6.07, 6.45) is 5.16. The number of hydrogen-bond acceptors (Lipinski definition) is 4. The van der Waals surface area contributed by atoms with E-state index in [0.29, 0.717) is 6.54 Å². The highest BCUT2D eigenvalue weighted by molar-refractivity contribution is 5.66. The van der Waals surface area contributed by atoms with Gasteiger partial charge in [0.15, 0.2) is 5.65 Å². The molecule has 0 bridgehead atoms. The summed E-state index contributed by atoms with van der Waals surface area (Å²) in [5, 5.41) is 4.25. The molecule has 0 amide bonds. The Morgan fingerprint density at radius 2 is 1.77 bits per heavy atom. The molecule has 0 N–H and O–H groups in total. The van der Waals surface area contributed by atoms with Crippen molar-refractivity contribution in [3.63, 3.8) is 0 Å². The molecular formula is C23H20N6O. The molecule has 5 aromatic rings. The van der Waals surface area contributed by atoms with Crippen LogP contribution in [0.15, 0.2) is 78.1 Å². The second kappa shape index (κ2) is 7.11. The lowest BCUT2D eigenvalue weighted by Gasteiger charge is -2.09. The van der Waals surface area contributed by atoms with Gasteiger partial charge in [0, 0.05) is 23.7 Å². The van der Waals surface area contributed by atoms with E-state index in [9.17, 15) is 4.79 Å². The van der Waals surface area contributed by atoms with Crippen LogP contribution in [0.2, 0.25) is 0 Å². The molecular weight excluding hydrogens is 376 g/mol. The van der Waals surface area contributed by atoms with Crippen molar-refractivity contribution in [1.82, 2.24) is 28.7 Å². The monoisotopic (exact) mass is 396 g/mol. The first-order chi connectivity index (χ1) is 14.6. The molecule has 4 heterocycles. The Morgan fingerprint density at radius 3 is 2.53 bits per heavy atom. The van der Waals surface area contributed by atoms with Crippen molar-refractivity contribution < 1.29 is 0 Å². The molecule has 0 fully saturated rings. The first-order valence-corrected chi connectivity index (χ1v) is 9.70. The lowest BCUT2D eigenvalue weighted by molar-refractivity contribution is 0.707. The topological polar surface area (TPSA) is 70.0 Å². The zero-order valence-electron chi connectivity index (χ0n) is 16.7. The molecule has 0 atom stereocenters. The van der Waals surface area contributed by atoms with E-state index in [2.05, 4.69) is 15.1 Å². The number of benzene rings is 1. The quantitative estimate of drug-likeness (QED) is 0.467. The second-order valence-electron chi connectivity index (χ2n) is 7.28. The van der Waals surface area contributed by atoms with Gasteiger partial charge in [-0.1, -0.05) is 23.8 Å². The minimum Gasteiger partial charge on any atom is -0.290 e. The van der Waals surface area contributed by atoms with Crippen LogP contribution in [0.5, 0.6) is 0 Å². The lowest BCUT2D eigenvalue weighted by Crippen LogP contribution is -2.24. The second-order valence-corrected chi connectivity index (χ2v) is 7.28. The fourth-order valence-electron chi connectivity index (χ4n) is 3.72. The Bertz CT molecular complexity index is 1390. The van der Waals surface area contributed by atoms with Gasteiger partial charge in [0.1, 0.15) is 6.33 Å². The Kier molecular flexibility index (Phi) is 4.28. The van der Waals surface area contributed by atoms with E-state index < -0.39 is 0 Å². The van der Waals surface area contributed by atoms with Crippen molar-refractivity contribution in [1.29, 1.82) is 0 Å². The molecule has 0 aliphatic carbocycles. The third-order valence-corrected chi connectivity index (χ3v) is 5.28. The summed E-state index contributed by atoms with van der Waals surface area (Å²) < 4.78 is 5.24. The average Bonchev–Trinajstić information content (AvgIpc) is 3.33. The molecule has 0 aliphatic rings. The van der Waals surface area contributed by atoms with Crippen LogP contribution in [-0.4, -0.2) is 28.7 Å². The zero-order valence-corrected chi connectivity index (χ0v) is 16.7. The van der Waals surface area contributed by atoms with E-state index in [1.165, 1.54) is 6.33 Å². The molecule has 0 spiro atoms. The normalized spacial score (nSPS) is 11.3. The van der Waals surface area contributed by atoms with Gasteiger partial charge >= 0.3 is 5.69 Å². The van der Waals surface area contributed by atoms with E-state index in [1.807, 2.05) is 74.6 Å². The van der Waals surface area contributed by atoms with Crippen LogP contribution >= 0.6 is 0 Å². The molecule has 7 nitrogen and oxygen atoms in total. The number of pyridine rings is 2. The number of fused-ring (bicyclic) bond motifs is 1. The van der Waals surface area contributed by atoms with Crippen molar-refractivity contribution in [2.24, 2.45) is 0 Å². The van der Waals surface area contributed by atoms with E-state index in [0.717, 1.165) is 39.5 Å². The molecule has 7 heteroatoms. The molecule has 0 saturated heterocycles. The van der Waals surface area contributed by atoms with E-state index in [4.69, 9.17) is 0 Å². The van der Waals surface area contributed by atoms with Crippen LogP contribution in [0, 0.1) is 13.8 Å². The smallest absolute Gasteiger partial charge is 0.290 e. The van der Waals surface area contributed by atoms with Crippen molar-refractivity contribution in [3.05, 3.63) is 101 Å². The standard InChI is InChI=1S/C23H20N6O/c1-16-6-9-20(10-7-16)29-22(18-8-11-21-25-15-26-28(21)13-18)17(2)27(23(29)30)14-19-5-3-4-12-24-19/h3-13,15H,14H2,1-2H3. The third-order valence-electron chi connectivity index (χ3n) is 5.28. The predicted octanol–water partition coefficient (Wildman–Crippen LogP) is 3.41. The molecule has 148 valence electrons. The molecule has 1 aromatic carbocycles. The minimum absolute atomic E-state index is 0.101. The van der Waals surface area contributed by atoms with E-state index in [1.54, 1.807) is 19.8 Å². The largest absolute Gasteiger partial charge is 0.333 e. The molecule has 30 heavy (non-hydrogen) atoms. The first kappa shape index (κ1) is 18.1. The van der Waals surface area contributed by atoms with Gasteiger partial charge in [-0.2, -0.15) is 5.10 Å². The van der Waals surface area contributed by atoms with E-state index >= 15 is 0 Å². The number of nitrogens with zero attached hydrogens (tertiary/aromatic N) is 6. The maximum Gasteiger partial charge on any atom is 0.333 e. The van der Waals surface area contributed by atoms with E-state index in [-0.39, 0.29) is 5.69 Å². The number of aromatic nitrogens is 6. The summed E-state index contributed by atoms with van der Waals surface area (Å²) in [7, 11) is 0. The molecule has 0 saturated carbocycles. The predicted molar refractivity (Wildman–Crippen MR) is 115 cm³/mol. The maximum absolute atomic E-state index is 13.6. The molecule has 4 aromatic heterocycles. The number of imidazole rings is 1. The SMILES string of the molecule is Cc1ccc(-n2c(-c3ccc4ncnn4c3)c(C)n(Cc3ccccn3)c2=O)cc1. The van der Waals surface area contributed by atoms with Gasteiger partial charge in [0.2, 0.25) is 0 Å². The average molecular weight is 396 g/mol. The van der Waals surface area contributed by atoms with Crippen LogP contribution in [0.4, 0.5) is 0 Å². The Hall–Kier alpha value is -4.00. The molecule has 0 aliphatic heterocycles. The maximum atomic E-state index is 13.6. The summed E-state index contributed by atoms with van der Waals surface area (Å²) in [4.78, 5) is 22.2. The van der Waals surface area contributed by atoms with Gasteiger partial charge in [0.05, 0.1) is 23.6 Å². The van der Waals surface area contributed by atoms with Crippen molar-refractivity contribution in [2.75, 3.05) is 0 Å². The van der Waals surface area contributed by atoms with Gasteiger partial charge in [-0.3, -0.25) is 14.1 Å². The van der Waals surface area contributed by atoms with Gasteiger partial charge in [-0.15, -0.1) is 0 Å². The summed E-state index contributed by atoms with van der Waals surface area (Å²) in [5.41, 5.74) is 6.04. The van der Waals surface area contributed by atoms with Crippen LogP contribution in [-0.2, 0) is 6.54 Å². The number of aryl methyl sites for hydroxylation is 1. The number of hydrogen-bond donors (Lipinski definition) is 0.